The van der Waals surface area contributed by atoms with Gasteiger partial charge >= 0.3 is 10.1 Å². The van der Waals surface area contributed by atoms with Crippen LogP contribution in [-0.2, 0) is 20.3 Å². The molecule has 53 heavy (non-hydrogen) atoms. The zero-order chi connectivity index (χ0) is 36.2. The molecule has 2 unspecified atom stereocenters. The number of hydrogen-bond acceptors (Lipinski definition) is 4. The lowest BCUT2D eigenvalue weighted by molar-refractivity contribution is -0.128. The summed E-state index contributed by atoms with van der Waals surface area (Å²) in [6, 6.07) is 45.8. The summed E-state index contributed by atoms with van der Waals surface area (Å²) in [4.78, 5) is 21.2. The van der Waals surface area contributed by atoms with Gasteiger partial charge in [0.1, 0.15) is 16.9 Å². The monoisotopic (exact) mass is 716 g/mol. The first-order chi connectivity index (χ1) is 25.6. The van der Waals surface area contributed by atoms with Crippen molar-refractivity contribution in [2.75, 3.05) is 5.75 Å². The second kappa shape index (κ2) is 11.3. The van der Waals surface area contributed by atoms with Crippen molar-refractivity contribution in [1.29, 1.82) is 0 Å². The summed E-state index contributed by atoms with van der Waals surface area (Å²) in [5.74, 6) is 0.0215. The van der Waals surface area contributed by atoms with Gasteiger partial charge in [-0.05, 0) is 76.3 Å². The number of carbonyl (C=O) groups is 1. The minimum absolute atomic E-state index is 0.0551. The van der Waals surface area contributed by atoms with E-state index in [4.69, 9.17) is 4.18 Å². The van der Waals surface area contributed by atoms with E-state index in [1.807, 2.05) is 30.3 Å². The van der Waals surface area contributed by atoms with E-state index in [0.29, 0.717) is 12.8 Å². The molecule has 6 nitrogen and oxygen atoms in total. The van der Waals surface area contributed by atoms with Crippen molar-refractivity contribution in [3.63, 3.8) is 0 Å². The number of fused-ring (bicyclic) bond motifs is 8. The number of hydrogen-bond donors (Lipinski definition) is 2. The molecule has 10 rings (SSSR count). The van der Waals surface area contributed by atoms with E-state index < -0.39 is 20.9 Å². The number of rotatable bonds is 7. The Labute approximate surface area is 309 Å². The van der Waals surface area contributed by atoms with Gasteiger partial charge in [-0.25, -0.2) is 0 Å². The molecule has 0 spiro atoms. The second-order valence-corrected chi connectivity index (χ2v) is 17.4. The summed E-state index contributed by atoms with van der Waals surface area (Å²) in [7, 11) is -4.12. The van der Waals surface area contributed by atoms with Crippen molar-refractivity contribution in [2.24, 2.45) is 16.7 Å². The SMILES string of the molecule is CC1(C)C2CC[C@]1(CS(=O)(=O)Oc1ccc3[nH]c4c(c3c1)C(c1ccccc1)c1c([nH]c3ccccc13)C4(c1ccccc1)c1ccccc1)C(=O)C2. The van der Waals surface area contributed by atoms with Crippen molar-refractivity contribution in [3.05, 3.63) is 173 Å². The number of nitrogens with one attached hydrogen (secondary N) is 2. The van der Waals surface area contributed by atoms with Gasteiger partial charge in [-0.2, -0.15) is 8.42 Å². The smallest absolute Gasteiger partial charge is 0.310 e. The summed E-state index contributed by atoms with van der Waals surface area (Å²) in [5, 5.41) is 2.03. The van der Waals surface area contributed by atoms with Crippen molar-refractivity contribution < 1.29 is 17.4 Å². The molecule has 2 heterocycles. The van der Waals surface area contributed by atoms with Gasteiger partial charge in [-0.3, -0.25) is 4.79 Å². The zero-order valence-corrected chi connectivity index (χ0v) is 30.5. The maximum atomic E-state index is 14.0. The molecule has 2 bridgehead atoms. The predicted molar refractivity (Wildman–Crippen MR) is 209 cm³/mol. The molecular weight excluding hydrogens is 677 g/mol. The van der Waals surface area contributed by atoms with Crippen LogP contribution in [0.5, 0.6) is 5.75 Å². The summed E-state index contributed by atoms with van der Waals surface area (Å²) in [6.45, 7) is 4.11. The van der Waals surface area contributed by atoms with Crippen molar-refractivity contribution in [1.82, 2.24) is 9.97 Å². The van der Waals surface area contributed by atoms with E-state index in [2.05, 4.69) is 121 Å². The first kappa shape index (κ1) is 32.3. The van der Waals surface area contributed by atoms with Gasteiger partial charge in [0.05, 0.1) is 11.2 Å². The molecular formula is C46H40N2O4S. The highest BCUT2D eigenvalue weighted by Gasteiger charge is 2.65. The van der Waals surface area contributed by atoms with Crippen molar-refractivity contribution in [3.8, 4) is 5.75 Å². The average Bonchev–Trinajstić information content (AvgIpc) is 3.85. The lowest BCUT2D eigenvalue weighted by atomic mass is 9.61. The summed E-state index contributed by atoms with van der Waals surface area (Å²) in [6.07, 6.45) is 1.91. The van der Waals surface area contributed by atoms with Gasteiger partial charge in [0.15, 0.2) is 0 Å². The van der Waals surface area contributed by atoms with Crippen molar-refractivity contribution >= 4 is 37.7 Å². The van der Waals surface area contributed by atoms with Gasteiger partial charge in [-0.15, -0.1) is 0 Å². The van der Waals surface area contributed by atoms with E-state index >= 15 is 0 Å². The Kier molecular flexibility index (Phi) is 6.88. The lowest BCUT2D eigenvalue weighted by Gasteiger charge is -2.41. The van der Waals surface area contributed by atoms with E-state index in [1.54, 1.807) is 6.07 Å². The van der Waals surface area contributed by atoms with Crippen LogP contribution in [0.1, 0.15) is 78.2 Å². The molecule has 264 valence electrons. The number of carbonyl (C=O) groups excluding carboxylic acids is 1. The van der Waals surface area contributed by atoms with E-state index in [0.717, 1.165) is 61.9 Å². The zero-order valence-electron chi connectivity index (χ0n) is 29.7. The minimum atomic E-state index is -4.12. The highest BCUT2D eigenvalue weighted by molar-refractivity contribution is 7.87. The number of aromatic nitrogens is 2. The van der Waals surface area contributed by atoms with Crippen LogP contribution in [0.4, 0.5) is 0 Å². The Hall–Kier alpha value is -5.40. The predicted octanol–water partition coefficient (Wildman–Crippen LogP) is 9.63. The third-order valence-corrected chi connectivity index (χ3v) is 14.5. The van der Waals surface area contributed by atoms with E-state index in [-0.39, 0.29) is 34.5 Å². The maximum Gasteiger partial charge on any atom is 0.310 e. The first-order valence-electron chi connectivity index (χ1n) is 18.5. The molecule has 7 heteroatoms. The molecule has 0 radical (unpaired) electrons. The van der Waals surface area contributed by atoms with Gasteiger partial charge in [0, 0.05) is 45.5 Å². The standard InChI is InChI=1S/C46H40N2O4S/c1-44(2)32-24-25-45(44,38(49)26-32)28-53(50,51)52-33-22-23-37-35(27-33)41-39(29-14-6-3-7-15-29)40-34-20-12-13-21-36(34)47-42(40)46(43(41)48-37,30-16-8-4-9-17-30)31-18-10-5-11-19-31/h3-23,27,32,39,47-48H,24-26,28H2,1-2H3/t32?,39?,45-/m0/s1. The van der Waals surface area contributed by atoms with Crippen LogP contribution in [-0.4, -0.2) is 29.9 Å². The highest BCUT2D eigenvalue weighted by atomic mass is 32.2. The molecule has 0 saturated heterocycles. The van der Waals surface area contributed by atoms with Crippen LogP contribution < -0.4 is 4.18 Å². The fourth-order valence-electron chi connectivity index (χ4n) is 10.6. The van der Waals surface area contributed by atoms with Crippen molar-refractivity contribution in [2.45, 2.75) is 44.4 Å². The van der Waals surface area contributed by atoms with Crippen LogP contribution in [0, 0.1) is 16.7 Å². The Morgan fingerprint density at radius 3 is 1.87 bits per heavy atom. The summed E-state index contributed by atoms with van der Waals surface area (Å²) < 4.78 is 34.0. The fraction of sp³-hybridized carbons (Fsp3) is 0.239. The van der Waals surface area contributed by atoms with Crippen LogP contribution in [0.25, 0.3) is 21.8 Å². The molecule has 5 aromatic carbocycles. The third kappa shape index (κ3) is 4.43. The average molecular weight is 717 g/mol. The quantitative estimate of drug-likeness (QED) is 0.161. The number of aromatic amines is 2. The van der Waals surface area contributed by atoms with Gasteiger partial charge in [-0.1, -0.05) is 123 Å². The Bertz CT molecular complexity index is 2640. The molecule has 0 aliphatic heterocycles. The van der Waals surface area contributed by atoms with Crippen LogP contribution >= 0.6 is 0 Å². The van der Waals surface area contributed by atoms with Crippen LogP contribution in [0.2, 0.25) is 0 Å². The molecule has 2 saturated carbocycles. The Morgan fingerprint density at radius 1 is 0.698 bits per heavy atom. The molecule has 0 amide bonds. The lowest BCUT2D eigenvalue weighted by Crippen LogP contribution is -2.43. The summed E-state index contributed by atoms with van der Waals surface area (Å²) >= 11 is 0. The van der Waals surface area contributed by atoms with Gasteiger partial charge in [0.25, 0.3) is 0 Å². The molecule has 2 aromatic heterocycles. The van der Waals surface area contributed by atoms with E-state index in [1.165, 1.54) is 5.56 Å². The van der Waals surface area contributed by atoms with E-state index in [9.17, 15) is 13.2 Å². The Balaban J connectivity index is 1.23. The van der Waals surface area contributed by atoms with Gasteiger partial charge < -0.3 is 14.2 Å². The first-order valence-corrected chi connectivity index (χ1v) is 20.1. The topological polar surface area (TPSA) is 92.0 Å². The van der Waals surface area contributed by atoms with Crippen LogP contribution in [0.3, 0.4) is 0 Å². The van der Waals surface area contributed by atoms with Gasteiger partial charge in [0.2, 0.25) is 0 Å². The molecule has 2 fully saturated rings. The molecule has 3 aliphatic carbocycles. The Morgan fingerprint density at radius 2 is 1.26 bits per heavy atom. The molecule has 7 aromatic rings. The number of para-hydroxylation sites is 1. The molecule has 3 aliphatic rings. The highest BCUT2D eigenvalue weighted by Crippen LogP contribution is 2.64. The number of benzene rings is 5. The normalized spacial score (nSPS) is 22.6. The number of H-pyrrole nitrogens is 2. The number of Topliss-reactive ketones (excluding diaryl/α,β-unsaturated/α-hetero) is 1. The largest absolute Gasteiger partial charge is 0.382 e. The maximum absolute atomic E-state index is 14.0. The third-order valence-electron chi connectivity index (χ3n) is 13.2. The summed E-state index contributed by atoms with van der Waals surface area (Å²) in [5.41, 5.74) is 7.59. The van der Waals surface area contributed by atoms with Crippen LogP contribution in [0.15, 0.2) is 133 Å². The molecule has 3 atom stereocenters. The second-order valence-electron chi connectivity index (χ2n) is 15.9. The molecule has 2 N–H and O–H groups in total. The fourth-order valence-corrected chi connectivity index (χ4v) is 12.3. The minimum Gasteiger partial charge on any atom is -0.382 e. The number of ketones is 1.